The second-order valence-corrected chi connectivity index (χ2v) is 7.10. The molecule has 2 heteroatoms. The van der Waals surface area contributed by atoms with Gasteiger partial charge in [0.25, 0.3) is 0 Å². The van der Waals surface area contributed by atoms with E-state index in [1.54, 1.807) is 0 Å². The Bertz CT molecular complexity index is 523. The predicted molar refractivity (Wildman–Crippen MR) is 85.5 cm³/mol. The third kappa shape index (κ3) is 3.20. The fourth-order valence-electron chi connectivity index (χ4n) is 2.50. The van der Waals surface area contributed by atoms with Crippen LogP contribution in [0.2, 0.25) is 0 Å². The van der Waals surface area contributed by atoms with Crippen LogP contribution in [0.1, 0.15) is 25.7 Å². The average Bonchev–Trinajstić information content (AvgIpc) is 2.55. The highest BCUT2D eigenvalue weighted by atomic mass is 28.3. The smallest absolute Gasteiger partial charge is 0.352 e. The van der Waals surface area contributed by atoms with E-state index in [0.717, 1.165) is 12.8 Å². The first-order chi connectivity index (χ1) is 9.93. The van der Waals surface area contributed by atoms with E-state index < -0.39 is 9.04 Å². The quantitative estimate of drug-likeness (QED) is 0.781. The molecule has 0 saturated carbocycles. The Morgan fingerprint density at radius 1 is 0.750 bits per heavy atom. The van der Waals surface area contributed by atoms with E-state index in [1.807, 2.05) is 0 Å². The Kier molecular flexibility index (Phi) is 4.34. The average molecular weight is 279 g/mol. The van der Waals surface area contributed by atoms with E-state index in [2.05, 4.69) is 66.7 Å². The molecule has 0 fully saturated rings. The number of benzene rings is 2. The number of hydrogen-bond acceptors (Lipinski definition) is 1. The maximum atomic E-state index is 6.43. The third-order valence-corrected chi connectivity index (χ3v) is 5.74. The molecule has 0 amide bonds. The van der Waals surface area contributed by atoms with E-state index >= 15 is 0 Å². The van der Waals surface area contributed by atoms with Crippen molar-refractivity contribution in [2.45, 2.75) is 25.7 Å². The monoisotopic (exact) mass is 279 g/mol. The van der Waals surface area contributed by atoms with Crippen molar-refractivity contribution in [3.8, 4) is 0 Å². The molecule has 0 bridgehead atoms. The van der Waals surface area contributed by atoms with Gasteiger partial charge in [0.15, 0.2) is 0 Å². The van der Waals surface area contributed by atoms with Crippen molar-refractivity contribution >= 4 is 19.4 Å². The SMILES string of the molecule is C1=C(O[Si](c2ccccc2)c2ccccc2)CCCC1. The highest BCUT2D eigenvalue weighted by Gasteiger charge is 2.22. The van der Waals surface area contributed by atoms with Crippen molar-refractivity contribution < 1.29 is 4.43 Å². The number of hydrogen-bond donors (Lipinski definition) is 0. The van der Waals surface area contributed by atoms with Gasteiger partial charge in [0.05, 0.1) is 5.76 Å². The molecule has 1 nitrogen and oxygen atoms in total. The highest BCUT2D eigenvalue weighted by Crippen LogP contribution is 2.18. The summed E-state index contributed by atoms with van der Waals surface area (Å²) in [5, 5.41) is 2.63. The Balaban J connectivity index is 1.89. The number of rotatable bonds is 4. The van der Waals surface area contributed by atoms with Crippen LogP contribution in [-0.4, -0.2) is 9.04 Å². The van der Waals surface area contributed by atoms with Crippen LogP contribution in [0.3, 0.4) is 0 Å². The predicted octanol–water partition coefficient (Wildman–Crippen LogP) is 3.27. The van der Waals surface area contributed by atoms with Gasteiger partial charge < -0.3 is 4.43 Å². The van der Waals surface area contributed by atoms with Gasteiger partial charge in [-0.25, -0.2) is 0 Å². The van der Waals surface area contributed by atoms with Gasteiger partial charge in [-0.2, -0.15) is 0 Å². The summed E-state index contributed by atoms with van der Waals surface area (Å²) < 4.78 is 6.43. The van der Waals surface area contributed by atoms with Gasteiger partial charge in [0.1, 0.15) is 0 Å². The second-order valence-electron chi connectivity index (χ2n) is 5.08. The van der Waals surface area contributed by atoms with Gasteiger partial charge in [0.2, 0.25) is 0 Å². The van der Waals surface area contributed by atoms with Crippen LogP contribution in [0.25, 0.3) is 0 Å². The van der Waals surface area contributed by atoms with Crippen molar-refractivity contribution in [1.29, 1.82) is 0 Å². The van der Waals surface area contributed by atoms with Gasteiger partial charge in [-0.1, -0.05) is 60.7 Å². The lowest BCUT2D eigenvalue weighted by Gasteiger charge is -2.21. The molecule has 1 aliphatic rings. The molecular formula is C18H19OSi. The summed E-state index contributed by atoms with van der Waals surface area (Å²) in [4.78, 5) is 0. The van der Waals surface area contributed by atoms with Gasteiger partial charge in [0, 0.05) is 6.42 Å². The Hall–Kier alpha value is -1.80. The molecule has 0 N–H and O–H groups in total. The van der Waals surface area contributed by atoms with Gasteiger partial charge in [-0.15, -0.1) is 0 Å². The minimum atomic E-state index is -1.17. The Morgan fingerprint density at radius 2 is 1.35 bits per heavy atom. The minimum absolute atomic E-state index is 1.09. The van der Waals surface area contributed by atoms with Crippen LogP contribution < -0.4 is 10.4 Å². The standard InChI is InChI=1S/C18H19OSi/c1-4-10-16(11-5-1)19-20(17-12-6-2-7-13-17)18-14-8-3-9-15-18/h2-3,6-10,12-15H,1,4-5,11H2. The molecule has 0 aliphatic heterocycles. The molecule has 2 aromatic carbocycles. The van der Waals surface area contributed by atoms with E-state index in [1.165, 1.54) is 29.0 Å². The zero-order valence-corrected chi connectivity index (χ0v) is 12.6. The van der Waals surface area contributed by atoms with Crippen LogP contribution in [0.5, 0.6) is 0 Å². The zero-order chi connectivity index (χ0) is 13.6. The summed E-state index contributed by atoms with van der Waals surface area (Å²) in [5.74, 6) is 1.19. The topological polar surface area (TPSA) is 9.23 Å². The molecule has 2 aromatic rings. The lowest BCUT2D eigenvalue weighted by molar-refractivity contribution is 0.401. The van der Waals surface area contributed by atoms with Crippen LogP contribution in [0, 0.1) is 0 Å². The zero-order valence-electron chi connectivity index (χ0n) is 11.6. The van der Waals surface area contributed by atoms with Crippen LogP contribution in [0.15, 0.2) is 72.5 Å². The Morgan fingerprint density at radius 3 is 1.85 bits per heavy atom. The molecule has 0 unspecified atom stereocenters. The van der Waals surface area contributed by atoms with Crippen molar-refractivity contribution in [1.82, 2.24) is 0 Å². The summed E-state index contributed by atoms with van der Waals surface area (Å²) in [6, 6.07) is 21.3. The molecule has 0 spiro atoms. The maximum Gasteiger partial charge on any atom is 0.352 e. The minimum Gasteiger partial charge on any atom is -0.536 e. The summed E-state index contributed by atoms with van der Waals surface area (Å²) in [7, 11) is -1.17. The van der Waals surface area contributed by atoms with Gasteiger partial charge in [-0.05, 0) is 35.7 Å². The molecule has 0 aromatic heterocycles. The lowest BCUT2D eigenvalue weighted by atomic mass is 10.1. The van der Waals surface area contributed by atoms with Crippen molar-refractivity contribution in [2.24, 2.45) is 0 Å². The third-order valence-electron chi connectivity index (χ3n) is 3.55. The fourth-order valence-corrected chi connectivity index (χ4v) is 4.50. The van der Waals surface area contributed by atoms with Crippen molar-refractivity contribution in [3.63, 3.8) is 0 Å². The molecule has 0 atom stereocenters. The van der Waals surface area contributed by atoms with E-state index in [-0.39, 0.29) is 0 Å². The first-order valence-corrected chi connectivity index (χ1v) is 8.69. The van der Waals surface area contributed by atoms with Crippen LogP contribution in [0.4, 0.5) is 0 Å². The normalized spacial score (nSPS) is 14.9. The van der Waals surface area contributed by atoms with Crippen molar-refractivity contribution in [3.05, 3.63) is 72.5 Å². The van der Waals surface area contributed by atoms with Crippen molar-refractivity contribution in [2.75, 3.05) is 0 Å². The molecule has 20 heavy (non-hydrogen) atoms. The first-order valence-electron chi connectivity index (χ1n) is 7.28. The molecule has 1 radical (unpaired) electrons. The van der Waals surface area contributed by atoms with E-state index in [4.69, 9.17) is 4.43 Å². The molecular weight excluding hydrogens is 260 g/mol. The van der Waals surface area contributed by atoms with E-state index in [0.29, 0.717) is 0 Å². The molecule has 3 rings (SSSR count). The fraction of sp³-hybridized carbons (Fsp3) is 0.222. The summed E-state index contributed by atoms with van der Waals surface area (Å²) in [5.41, 5.74) is 0. The molecule has 101 valence electrons. The largest absolute Gasteiger partial charge is 0.536 e. The van der Waals surface area contributed by atoms with Gasteiger partial charge in [-0.3, -0.25) is 0 Å². The highest BCUT2D eigenvalue weighted by molar-refractivity contribution is 6.80. The maximum absolute atomic E-state index is 6.43. The van der Waals surface area contributed by atoms with E-state index in [9.17, 15) is 0 Å². The summed E-state index contributed by atoms with van der Waals surface area (Å²) in [6.07, 6.45) is 7.08. The summed E-state index contributed by atoms with van der Waals surface area (Å²) >= 11 is 0. The molecule has 0 heterocycles. The number of allylic oxidation sites excluding steroid dienone is 2. The lowest BCUT2D eigenvalue weighted by Crippen LogP contribution is -2.44. The molecule has 1 aliphatic carbocycles. The van der Waals surface area contributed by atoms with Crippen LogP contribution in [-0.2, 0) is 4.43 Å². The Labute approximate surface area is 122 Å². The van der Waals surface area contributed by atoms with Crippen LogP contribution >= 0.6 is 0 Å². The second kappa shape index (κ2) is 6.57. The van der Waals surface area contributed by atoms with Gasteiger partial charge >= 0.3 is 9.04 Å². The molecule has 0 saturated heterocycles. The first kappa shape index (κ1) is 13.2. The summed E-state index contributed by atoms with van der Waals surface area (Å²) in [6.45, 7) is 0.